The van der Waals surface area contributed by atoms with E-state index in [4.69, 9.17) is 21.1 Å². The van der Waals surface area contributed by atoms with Crippen molar-refractivity contribution in [2.75, 3.05) is 24.6 Å². The summed E-state index contributed by atoms with van der Waals surface area (Å²) in [6.07, 6.45) is 1.40. The minimum absolute atomic E-state index is 0.00285. The van der Waals surface area contributed by atoms with E-state index in [1.807, 2.05) is 44.2 Å². The Bertz CT molecular complexity index is 1750. The van der Waals surface area contributed by atoms with Crippen molar-refractivity contribution in [2.45, 2.75) is 24.8 Å². The summed E-state index contributed by atoms with van der Waals surface area (Å²) in [5, 5.41) is 7.13. The van der Waals surface area contributed by atoms with E-state index in [-0.39, 0.29) is 39.9 Å². The molecule has 0 saturated heterocycles. The van der Waals surface area contributed by atoms with Gasteiger partial charge in [-0.1, -0.05) is 59.6 Å². The fourth-order valence-electron chi connectivity index (χ4n) is 4.25. The van der Waals surface area contributed by atoms with Crippen LogP contribution in [0.25, 0.3) is 0 Å². The number of sulfonamides is 1. The highest BCUT2D eigenvalue weighted by Gasteiger charge is 2.29. The van der Waals surface area contributed by atoms with Crippen molar-refractivity contribution in [3.8, 4) is 11.5 Å². The summed E-state index contributed by atoms with van der Waals surface area (Å²) in [5.41, 5.74) is 4.97. The molecule has 4 aromatic rings. The number of rotatable bonds is 13. The van der Waals surface area contributed by atoms with Crippen molar-refractivity contribution >= 4 is 45.3 Å². The standard InChI is InChI=1S/C33H33ClN4O6S/c1-23-9-16-29(17-10-23)45(41,42)38(30-19-27(34)13-18-31(30)43-3)21-32(39)37-35-20-25-11-14-28(15-12-25)44-22-33(40)36-24(2)26-7-5-4-6-8-26/h4-20,24H,21-22H2,1-3H3,(H,36,40)(H,37,39)/b35-20-/t24-/m1/s1. The molecule has 0 fully saturated rings. The summed E-state index contributed by atoms with van der Waals surface area (Å²) in [6, 6.07) is 27.0. The van der Waals surface area contributed by atoms with Crippen LogP contribution in [0.3, 0.4) is 0 Å². The molecule has 0 heterocycles. The van der Waals surface area contributed by atoms with Gasteiger partial charge in [0.25, 0.3) is 21.8 Å². The number of carbonyl (C=O) groups is 2. The van der Waals surface area contributed by atoms with E-state index in [0.29, 0.717) is 11.3 Å². The van der Waals surface area contributed by atoms with E-state index < -0.39 is 22.5 Å². The molecule has 4 rings (SSSR count). The van der Waals surface area contributed by atoms with E-state index in [9.17, 15) is 18.0 Å². The summed E-state index contributed by atoms with van der Waals surface area (Å²) in [7, 11) is -2.80. The predicted octanol–water partition coefficient (Wildman–Crippen LogP) is 5.26. The van der Waals surface area contributed by atoms with Crippen molar-refractivity contribution in [3.63, 3.8) is 0 Å². The number of hydrogen-bond acceptors (Lipinski definition) is 7. The number of ether oxygens (including phenoxy) is 2. The van der Waals surface area contributed by atoms with Gasteiger partial charge in [0.1, 0.15) is 18.0 Å². The number of aryl methyl sites for hydroxylation is 1. The van der Waals surface area contributed by atoms with E-state index in [0.717, 1.165) is 15.4 Å². The third-order valence-corrected chi connectivity index (χ3v) is 8.64. The van der Waals surface area contributed by atoms with E-state index >= 15 is 0 Å². The SMILES string of the molecule is COc1ccc(Cl)cc1N(CC(=O)N/N=C\c1ccc(OCC(=O)N[C@H](C)c2ccccc2)cc1)S(=O)(=O)c1ccc(C)cc1. The summed E-state index contributed by atoms with van der Waals surface area (Å²) in [5.74, 6) is -0.254. The zero-order chi connectivity index (χ0) is 32.4. The van der Waals surface area contributed by atoms with E-state index in [1.165, 1.54) is 37.6 Å². The number of hydrazone groups is 1. The molecule has 2 amide bonds. The number of benzene rings is 4. The number of carbonyl (C=O) groups excluding carboxylic acids is 2. The molecule has 0 aromatic heterocycles. The monoisotopic (exact) mass is 648 g/mol. The second-order valence-electron chi connectivity index (χ2n) is 9.99. The Labute approximate surface area is 267 Å². The molecule has 0 aliphatic heterocycles. The smallest absolute Gasteiger partial charge is 0.264 e. The van der Waals surface area contributed by atoms with Gasteiger partial charge < -0.3 is 14.8 Å². The molecule has 2 N–H and O–H groups in total. The fraction of sp³-hybridized carbons (Fsp3) is 0.182. The number of anilines is 1. The molecule has 234 valence electrons. The molecule has 10 nitrogen and oxygen atoms in total. The van der Waals surface area contributed by atoms with Crippen molar-refractivity contribution in [1.82, 2.24) is 10.7 Å². The molecular weight excluding hydrogens is 616 g/mol. The zero-order valence-electron chi connectivity index (χ0n) is 24.9. The lowest BCUT2D eigenvalue weighted by Gasteiger charge is -2.25. The molecule has 12 heteroatoms. The molecular formula is C33H33ClN4O6S. The van der Waals surface area contributed by atoms with Crippen LogP contribution < -0.4 is 24.5 Å². The molecule has 1 atom stereocenters. The molecule has 0 saturated carbocycles. The van der Waals surface area contributed by atoms with Gasteiger partial charge in [0.2, 0.25) is 0 Å². The molecule has 0 aliphatic carbocycles. The molecule has 0 unspecified atom stereocenters. The van der Waals surface area contributed by atoms with Crippen LogP contribution in [0.1, 0.15) is 29.7 Å². The predicted molar refractivity (Wildman–Crippen MR) is 174 cm³/mol. The average Bonchev–Trinajstić information content (AvgIpc) is 3.03. The van der Waals surface area contributed by atoms with Crippen LogP contribution in [-0.2, 0) is 19.6 Å². The molecule has 4 aromatic carbocycles. The van der Waals surface area contributed by atoms with Crippen LogP contribution >= 0.6 is 11.6 Å². The molecule has 0 bridgehead atoms. The number of nitrogens with zero attached hydrogens (tertiary/aromatic N) is 2. The van der Waals surface area contributed by atoms with E-state index in [2.05, 4.69) is 15.8 Å². The second kappa shape index (κ2) is 15.2. The van der Waals surface area contributed by atoms with Gasteiger partial charge >= 0.3 is 0 Å². The number of amides is 2. The number of nitrogens with one attached hydrogen (secondary N) is 2. The Morgan fingerprint density at radius 1 is 0.956 bits per heavy atom. The van der Waals surface area contributed by atoms with Gasteiger partial charge in [-0.05, 0) is 79.6 Å². The molecule has 0 spiro atoms. The number of hydrogen-bond donors (Lipinski definition) is 2. The van der Waals surface area contributed by atoms with E-state index in [1.54, 1.807) is 42.5 Å². The van der Waals surface area contributed by atoms with Crippen LogP contribution in [0.2, 0.25) is 5.02 Å². The first-order valence-corrected chi connectivity index (χ1v) is 15.7. The van der Waals surface area contributed by atoms with Gasteiger partial charge in [-0.3, -0.25) is 13.9 Å². The minimum atomic E-state index is -4.19. The first-order chi connectivity index (χ1) is 21.6. The first-order valence-electron chi connectivity index (χ1n) is 13.9. The topological polar surface area (TPSA) is 126 Å². The molecule has 0 radical (unpaired) electrons. The Kier molecular flexibility index (Phi) is 11.2. The Morgan fingerprint density at radius 2 is 1.64 bits per heavy atom. The largest absolute Gasteiger partial charge is 0.495 e. The first kappa shape index (κ1) is 33.0. The quantitative estimate of drug-likeness (QED) is 0.151. The van der Waals surface area contributed by atoms with Crippen molar-refractivity contribution in [3.05, 3.63) is 119 Å². The lowest BCUT2D eigenvalue weighted by atomic mass is 10.1. The van der Waals surface area contributed by atoms with Crippen molar-refractivity contribution in [1.29, 1.82) is 0 Å². The highest BCUT2D eigenvalue weighted by Crippen LogP contribution is 2.34. The van der Waals surface area contributed by atoms with Crippen LogP contribution in [-0.4, -0.2) is 46.7 Å². The summed E-state index contributed by atoms with van der Waals surface area (Å²) < 4.78 is 39.2. The normalized spacial score (nSPS) is 11.9. The van der Waals surface area contributed by atoms with Gasteiger partial charge in [-0.2, -0.15) is 5.10 Å². The third-order valence-electron chi connectivity index (χ3n) is 6.64. The van der Waals surface area contributed by atoms with Crippen LogP contribution in [0.15, 0.2) is 107 Å². The summed E-state index contributed by atoms with van der Waals surface area (Å²) in [4.78, 5) is 25.2. The third kappa shape index (κ3) is 9.07. The Balaban J connectivity index is 1.38. The number of halogens is 1. The summed E-state index contributed by atoms with van der Waals surface area (Å²) in [6.45, 7) is 2.99. The number of methoxy groups -OCH3 is 1. The highest BCUT2D eigenvalue weighted by atomic mass is 35.5. The van der Waals surface area contributed by atoms with Gasteiger partial charge in [0, 0.05) is 5.02 Å². The van der Waals surface area contributed by atoms with Gasteiger partial charge in [-0.15, -0.1) is 0 Å². The molecule has 0 aliphatic rings. The minimum Gasteiger partial charge on any atom is -0.495 e. The lowest BCUT2D eigenvalue weighted by molar-refractivity contribution is -0.123. The van der Waals surface area contributed by atoms with Gasteiger partial charge in [-0.25, -0.2) is 13.8 Å². The Hall–Kier alpha value is -4.87. The summed E-state index contributed by atoms with van der Waals surface area (Å²) >= 11 is 6.18. The highest BCUT2D eigenvalue weighted by molar-refractivity contribution is 7.92. The molecule has 45 heavy (non-hydrogen) atoms. The van der Waals surface area contributed by atoms with Crippen molar-refractivity contribution in [2.24, 2.45) is 5.10 Å². The average molecular weight is 649 g/mol. The lowest BCUT2D eigenvalue weighted by Crippen LogP contribution is -2.39. The fourth-order valence-corrected chi connectivity index (χ4v) is 5.84. The zero-order valence-corrected chi connectivity index (χ0v) is 26.5. The maximum absolute atomic E-state index is 13.7. The second-order valence-corrected chi connectivity index (χ2v) is 12.3. The van der Waals surface area contributed by atoms with Crippen LogP contribution in [0, 0.1) is 6.92 Å². The van der Waals surface area contributed by atoms with Crippen LogP contribution in [0.4, 0.5) is 5.69 Å². The van der Waals surface area contributed by atoms with Crippen LogP contribution in [0.5, 0.6) is 11.5 Å². The van der Waals surface area contributed by atoms with Gasteiger partial charge in [0.15, 0.2) is 6.61 Å². The Morgan fingerprint density at radius 3 is 2.31 bits per heavy atom. The van der Waals surface area contributed by atoms with Crippen molar-refractivity contribution < 1.29 is 27.5 Å². The maximum atomic E-state index is 13.7. The maximum Gasteiger partial charge on any atom is 0.264 e. The van der Waals surface area contributed by atoms with Gasteiger partial charge in [0.05, 0.1) is 29.9 Å².